The lowest BCUT2D eigenvalue weighted by Gasteiger charge is -2.10. The van der Waals surface area contributed by atoms with E-state index in [4.69, 9.17) is 0 Å². The Balaban J connectivity index is 1.67. The maximum Gasteiger partial charge on any atom is 0.269 e. The van der Waals surface area contributed by atoms with Gasteiger partial charge in [-0.3, -0.25) is 20.4 Å². The number of hydrazine groups is 1. The van der Waals surface area contributed by atoms with Crippen molar-refractivity contribution in [3.63, 3.8) is 0 Å². The molecule has 0 saturated heterocycles. The molecule has 1 aromatic carbocycles. The molecule has 0 radical (unpaired) electrons. The van der Waals surface area contributed by atoms with E-state index in [1.165, 1.54) is 25.7 Å². The highest BCUT2D eigenvalue weighted by atomic mass is 32.2. The number of carbonyl (C=O) groups is 2. The molecule has 1 aromatic rings. The number of benzene rings is 1. The van der Waals surface area contributed by atoms with Gasteiger partial charge in [0.25, 0.3) is 5.91 Å². The van der Waals surface area contributed by atoms with Crippen molar-refractivity contribution in [2.24, 2.45) is 0 Å². The van der Waals surface area contributed by atoms with Crippen LogP contribution in [-0.2, 0) is 4.79 Å². The third kappa shape index (κ3) is 4.59. The van der Waals surface area contributed by atoms with Crippen LogP contribution in [-0.4, -0.2) is 22.8 Å². The Morgan fingerprint density at radius 3 is 2.47 bits per heavy atom. The molecule has 1 saturated carbocycles. The smallest absolute Gasteiger partial charge is 0.269 e. The zero-order valence-electron chi connectivity index (χ0n) is 10.7. The predicted molar refractivity (Wildman–Crippen MR) is 76.8 cm³/mol. The first-order valence-electron chi connectivity index (χ1n) is 6.51. The van der Waals surface area contributed by atoms with Crippen molar-refractivity contribution in [2.75, 3.05) is 5.75 Å². The number of hydrogen-bond donors (Lipinski definition) is 2. The standard InChI is InChI=1S/C14H18N2O2S/c17-13(10-19-12-8-4-5-9-12)15-16-14(18)11-6-2-1-3-7-11/h1-3,6-7,12H,4-5,8-10H2,(H,15,17)(H,16,18). The fourth-order valence-electron chi connectivity index (χ4n) is 2.07. The van der Waals surface area contributed by atoms with E-state index < -0.39 is 0 Å². The van der Waals surface area contributed by atoms with Crippen molar-refractivity contribution in [2.45, 2.75) is 30.9 Å². The van der Waals surface area contributed by atoms with Crippen LogP contribution in [0.4, 0.5) is 0 Å². The van der Waals surface area contributed by atoms with Gasteiger partial charge in [-0.05, 0) is 25.0 Å². The Kier molecular flexibility index (Phi) is 5.27. The van der Waals surface area contributed by atoms with Gasteiger partial charge < -0.3 is 0 Å². The first kappa shape index (κ1) is 13.9. The van der Waals surface area contributed by atoms with Crippen molar-refractivity contribution in [1.82, 2.24) is 10.9 Å². The number of carbonyl (C=O) groups excluding carboxylic acids is 2. The van der Waals surface area contributed by atoms with Crippen LogP contribution in [0.25, 0.3) is 0 Å². The fraction of sp³-hybridized carbons (Fsp3) is 0.429. The Morgan fingerprint density at radius 2 is 1.79 bits per heavy atom. The number of amides is 2. The van der Waals surface area contributed by atoms with Gasteiger partial charge in [0, 0.05) is 10.8 Å². The molecule has 2 amide bonds. The predicted octanol–water partition coefficient (Wildman–Crippen LogP) is 2.12. The van der Waals surface area contributed by atoms with E-state index in [-0.39, 0.29) is 11.8 Å². The quantitative estimate of drug-likeness (QED) is 0.829. The van der Waals surface area contributed by atoms with Crippen molar-refractivity contribution < 1.29 is 9.59 Å². The lowest BCUT2D eigenvalue weighted by molar-refractivity contribution is -0.119. The number of thioether (sulfide) groups is 1. The molecule has 2 N–H and O–H groups in total. The molecular formula is C14H18N2O2S. The average molecular weight is 278 g/mol. The zero-order chi connectivity index (χ0) is 13.5. The van der Waals surface area contributed by atoms with E-state index in [0.717, 1.165) is 0 Å². The van der Waals surface area contributed by atoms with Crippen LogP contribution in [0.2, 0.25) is 0 Å². The summed E-state index contributed by atoms with van der Waals surface area (Å²) in [6.07, 6.45) is 4.94. The van der Waals surface area contributed by atoms with Gasteiger partial charge in [0.1, 0.15) is 0 Å². The highest BCUT2D eigenvalue weighted by molar-refractivity contribution is 8.00. The van der Waals surface area contributed by atoms with Gasteiger partial charge >= 0.3 is 0 Å². The first-order chi connectivity index (χ1) is 9.25. The molecule has 0 aromatic heterocycles. The van der Waals surface area contributed by atoms with Crippen LogP contribution in [0.3, 0.4) is 0 Å². The van der Waals surface area contributed by atoms with Gasteiger partial charge in [-0.15, -0.1) is 11.8 Å². The number of hydrogen-bond acceptors (Lipinski definition) is 3. The minimum Gasteiger partial charge on any atom is -0.272 e. The van der Waals surface area contributed by atoms with Crippen molar-refractivity contribution >= 4 is 23.6 Å². The molecule has 0 aliphatic heterocycles. The molecule has 1 aliphatic carbocycles. The highest BCUT2D eigenvalue weighted by Gasteiger charge is 2.16. The monoisotopic (exact) mass is 278 g/mol. The summed E-state index contributed by atoms with van der Waals surface area (Å²) in [4.78, 5) is 23.3. The van der Waals surface area contributed by atoms with Gasteiger partial charge in [0.15, 0.2) is 0 Å². The minimum atomic E-state index is -0.292. The summed E-state index contributed by atoms with van der Waals surface area (Å²) < 4.78 is 0. The van der Waals surface area contributed by atoms with Crippen LogP contribution in [0.1, 0.15) is 36.0 Å². The summed E-state index contributed by atoms with van der Waals surface area (Å²) in [6, 6.07) is 8.82. The molecule has 0 atom stereocenters. The van der Waals surface area contributed by atoms with Gasteiger partial charge in [0.2, 0.25) is 5.91 Å². The normalized spacial score (nSPS) is 15.2. The Labute approximate surface area is 117 Å². The highest BCUT2D eigenvalue weighted by Crippen LogP contribution is 2.28. The van der Waals surface area contributed by atoms with Crippen molar-refractivity contribution in [1.29, 1.82) is 0 Å². The first-order valence-corrected chi connectivity index (χ1v) is 7.56. The summed E-state index contributed by atoms with van der Waals surface area (Å²) >= 11 is 1.68. The van der Waals surface area contributed by atoms with Gasteiger partial charge in [-0.25, -0.2) is 0 Å². The Hall–Kier alpha value is -1.49. The zero-order valence-corrected chi connectivity index (χ0v) is 11.5. The lowest BCUT2D eigenvalue weighted by atomic mass is 10.2. The third-order valence-electron chi connectivity index (χ3n) is 3.10. The average Bonchev–Trinajstić information content (AvgIpc) is 2.96. The Morgan fingerprint density at radius 1 is 1.11 bits per heavy atom. The van der Waals surface area contributed by atoms with Crippen molar-refractivity contribution in [3.05, 3.63) is 35.9 Å². The third-order valence-corrected chi connectivity index (χ3v) is 4.48. The molecule has 19 heavy (non-hydrogen) atoms. The topological polar surface area (TPSA) is 58.2 Å². The van der Waals surface area contributed by atoms with E-state index in [9.17, 15) is 9.59 Å². The summed E-state index contributed by atoms with van der Waals surface area (Å²) in [5.74, 6) is -0.0410. The second-order valence-electron chi connectivity index (χ2n) is 4.59. The molecule has 1 fully saturated rings. The van der Waals surface area contributed by atoms with Crippen LogP contribution >= 0.6 is 11.8 Å². The SMILES string of the molecule is O=C(CSC1CCCC1)NNC(=O)c1ccccc1. The second-order valence-corrected chi connectivity index (χ2v) is 5.87. The maximum atomic E-state index is 11.7. The van der Waals surface area contributed by atoms with Crippen molar-refractivity contribution in [3.8, 4) is 0 Å². The summed E-state index contributed by atoms with van der Waals surface area (Å²) in [5.41, 5.74) is 5.40. The summed E-state index contributed by atoms with van der Waals surface area (Å²) in [6.45, 7) is 0. The van der Waals surface area contributed by atoms with Gasteiger partial charge in [-0.2, -0.15) is 0 Å². The van der Waals surface area contributed by atoms with Gasteiger partial charge in [-0.1, -0.05) is 31.0 Å². The van der Waals surface area contributed by atoms with E-state index in [1.807, 2.05) is 6.07 Å². The van der Waals surface area contributed by atoms with E-state index in [0.29, 0.717) is 16.6 Å². The van der Waals surface area contributed by atoms with E-state index >= 15 is 0 Å². The number of nitrogens with one attached hydrogen (secondary N) is 2. The Bertz CT molecular complexity index is 430. The van der Waals surface area contributed by atoms with E-state index in [2.05, 4.69) is 10.9 Å². The largest absolute Gasteiger partial charge is 0.272 e. The lowest BCUT2D eigenvalue weighted by Crippen LogP contribution is -2.42. The number of rotatable bonds is 4. The molecule has 5 heteroatoms. The molecule has 0 spiro atoms. The molecule has 0 bridgehead atoms. The summed E-state index contributed by atoms with van der Waals surface area (Å²) in [7, 11) is 0. The summed E-state index contributed by atoms with van der Waals surface area (Å²) in [5, 5.41) is 0.607. The van der Waals surface area contributed by atoms with Crippen LogP contribution < -0.4 is 10.9 Å². The molecule has 1 aliphatic rings. The molecule has 0 heterocycles. The fourth-order valence-corrected chi connectivity index (χ4v) is 3.20. The molecule has 4 nitrogen and oxygen atoms in total. The second kappa shape index (κ2) is 7.19. The van der Waals surface area contributed by atoms with E-state index in [1.54, 1.807) is 36.0 Å². The molecular weight excluding hydrogens is 260 g/mol. The van der Waals surface area contributed by atoms with Crippen LogP contribution in [0.5, 0.6) is 0 Å². The minimum absolute atomic E-state index is 0.152. The molecule has 102 valence electrons. The maximum absolute atomic E-state index is 11.7. The molecule has 2 rings (SSSR count). The van der Waals surface area contributed by atoms with Crippen LogP contribution in [0.15, 0.2) is 30.3 Å². The molecule has 0 unspecified atom stereocenters. The van der Waals surface area contributed by atoms with Crippen LogP contribution in [0, 0.1) is 0 Å². The van der Waals surface area contributed by atoms with Gasteiger partial charge in [0.05, 0.1) is 5.75 Å².